The summed E-state index contributed by atoms with van der Waals surface area (Å²) >= 11 is 0. The molecule has 3 heterocycles. The molecular weight excluding hydrogens is 438 g/mol. The molecule has 4 N–H and O–H groups in total. The number of fused-ring (bicyclic) bond motifs is 2. The van der Waals surface area contributed by atoms with Crippen molar-refractivity contribution in [2.75, 3.05) is 18.5 Å². The van der Waals surface area contributed by atoms with Crippen molar-refractivity contribution in [3.63, 3.8) is 0 Å². The fraction of sp³-hybridized carbons (Fsp3) is 0.250. The second-order valence-corrected chi connectivity index (χ2v) is 7.51. The zero-order valence-corrected chi connectivity index (χ0v) is 18.7. The van der Waals surface area contributed by atoms with Crippen LogP contribution in [0.25, 0.3) is 22.1 Å². The van der Waals surface area contributed by atoms with Crippen molar-refractivity contribution < 1.29 is 23.8 Å². The van der Waals surface area contributed by atoms with Gasteiger partial charge in [0, 0.05) is 37.4 Å². The molecule has 0 radical (unpaired) electrons. The number of aromatic nitrogens is 3. The molecule has 10 heteroatoms. The molecule has 10 nitrogen and oxygen atoms in total. The van der Waals surface area contributed by atoms with E-state index in [-0.39, 0.29) is 30.5 Å². The number of furan rings is 1. The predicted octanol–water partition coefficient (Wildman–Crippen LogP) is 3.26. The summed E-state index contributed by atoms with van der Waals surface area (Å²) in [6, 6.07) is 8.10. The number of hydrogen-bond acceptors (Lipinski definition) is 7. The summed E-state index contributed by atoms with van der Waals surface area (Å²) in [6.45, 7) is 2.61. The number of pyridine rings is 1. The first-order chi connectivity index (χ1) is 16.5. The van der Waals surface area contributed by atoms with E-state index in [1.54, 1.807) is 41.1 Å². The van der Waals surface area contributed by atoms with Crippen LogP contribution in [0.5, 0.6) is 5.75 Å². The molecule has 0 bridgehead atoms. The van der Waals surface area contributed by atoms with Crippen molar-refractivity contribution in [2.24, 2.45) is 5.73 Å². The highest BCUT2D eigenvalue weighted by Gasteiger charge is 2.21. The number of nitrogens with one attached hydrogen (secondary N) is 1. The molecule has 0 atom stereocenters. The van der Waals surface area contributed by atoms with Gasteiger partial charge in [-0.25, -0.2) is 4.98 Å². The van der Waals surface area contributed by atoms with Gasteiger partial charge in [0.25, 0.3) is 5.91 Å². The minimum atomic E-state index is -0.630. The lowest BCUT2D eigenvalue weighted by atomic mass is 10.1. The van der Waals surface area contributed by atoms with E-state index < -0.39 is 11.8 Å². The van der Waals surface area contributed by atoms with E-state index in [2.05, 4.69) is 15.3 Å². The second-order valence-electron chi connectivity index (χ2n) is 7.51. The molecule has 0 aliphatic rings. The Labute approximate surface area is 195 Å². The number of aliphatic hydroxyl groups excluding tert-OH is 1. The number of primary amides is 1. The Morgan fingerprint density at radius 2 is 2.12 bits per heavy atom. The van der Waals surface area contributed by atoms with Crippen molar-refractivity contribution in [3.05, 3.63) is 60.0 Å². The Morgan fingerprint density at radius 1 is 1.26 bits per heavy atom. The minimum Gasteiger partial charge on any atom is -0.491 e. The molecule has 176 valence electrons. The van der Waals surface area contributed by atoms with Crippen LogP contribution in [-0.2, 0) is 6.54 Å². The van der Waals surface area contributed by atoms with E-state index in [9.17, 15) is 9.59 Å². The molecular formula is C24H25N5O5. The number of hydrogen-bond donors (Lipinski definition) is 3. The quantitative estimate of drug-likeness (QED) is 0.242. The molecule has 0 unspecified atom stereocenters. The summed E-state index contributed by atoms with van der Waals surface area (Å²) < 4.78 is 13.2. The van der Waals surface area contributed by atoms with Crippen LogP contribution >= 0.6 is 0 Å². The van der Waals surface area contributed by atoms with Gasteiger partial charge >= 0.3 is 0 Å². The molecule has 0 saturated carbocycles. The van der Waals surface area contributed by atoms with Crippen LogP contribution in [0.15, 0.2) is 53.1 Å². The van der Waals surface area contributed by atoms with Gasteiger partial charge in [0.15, 0.2) is 11.3 Å². The van der Waals surface area contributed by atoms with Gasteiger partial charge in [0.2, 0.25) is 11.9 Å². The maximum atomic E-state index is 13.0. The molecule has 4 rings (SSSR count). The van der Waals surface area contributed by atoms with Crippen LogP contribution in [0.1, 0.15) is 40.7 Å². The number of imidazole rings is 1. The van der Waals surface area contributed by atoms with Crippen LogP contribution in [0.3, 0.4) is 0 Å². The van der Waals surface area contributed by atoms with Crippen molar-refractivity contribution in [1.82, 2.24) is 14.5 Å². The molecule has 0 aliphatic carbocycles. The number of rotatable bonds is 10. The third kappa shape index (κ3) is 4.76. The SMILES string of the molecule is CC/C=C/Cn1c(NC(=O)c2cc3ncccc3o2)nc2cc(C(N)=O)cc(OCCCO)c21. The Bertz CT molecular complexity index is 1340. The number of carbonyl (C=O) groups is 2. The standard InChI is InChI=1S/C24H25N5O5/c1-2-3-4-9-29-21-17(12-15(22(25)31)13-19(21)33-11-6-10-30)27-24(29)28-23(32)20-14-16-18(34-20)7-5-8-26-16/h3-5,7-8,12-14,30H,2,6,9-11H2,1H3,(H2,25,31)(H,27,28,32)/b4-3+. The highest BCUT2D eigenvalue weighted by molar-refractivity contribution is 6.05. The third-order valence-electron chi connectivity index (χ3n) is 5.08. The average molecular weight is 463 g/mol. The largest absolute Gasteiger partial charge is 0.491 e. The van der Waals surface area contributed by atoms with E-state index in [0.29, 0.717) is 40.8 Å². The summed E-state index contributed by atoms with van der Waals surface area (Å²) in [5, 5.41) is 11.9. The van der Waals surface area contributed by atoms with Gasteiger partial charge in [-0.3, -0.25) is 19.9 Å². The van der Waals surface area contributed by atoms with E-state index >= 15 is 0 Å². The van der Waals surface area contributed by atoms with E-state index in [4.69, 9.17) is 20.0 Å². The fourth-order valence-electron chi connectivity index (χ4n) is 3.49. The van der Waals surface area contributed by atoms with E-state index in [1.807, 2.05) is 19.1 Å². The Balaban J connectivity index is 1.78. The maximum Gasteiger partial charge on any atom is 0.293 e. The highest BCUT2D eigenvalue weighted by Crippen LogP contribution is 2.31. The zero-order chi connectivity index (χ0) is 24.1. The van der Waals surface area contributed by atoms with Crippen molar-refractivity contribution in [1.29, 1.82) is 0 Å². The van der Waals surface area contributed by atoms with Crippen molar-refractivity contribution in [2.45, 2.75) is 26.3 Å². The van der Waals surface area contributed by atoms with Gasteiger partial charge in [-0.1, -0.05) is 19.1 Å². The zero-order valence-electron chi connectivity index (χ0n) is 18.7. The highest BCUT2D eigenvalue weighted by atomic mass is 16.5. The Hall–Kier alpha value is -4.18. The number of benzene rings is 1. The fourth-order valence-corrected chi connectivity index (χ4v) is 3.49. The molecule has 3 aromatic heterocycles. The summed E-state index contributed by atoms with van der Waals surface area (Å²) in [5.74, 6) is -0.399. The topological polar surface area (TPSA) is 146 Å². The molecule has 2 amide bonds. The molecule has 4 aromatic rings. The number of ether oxygens (including phenoxy) is 1. The van der Waals surface area contributed by atoms with Gasteiger partial charge < -0.3 is 24.6 Å². The summed E-state index contributed by atoms with van der Waals surface area (Å²) in [5.41, 5.74) is 7.81. The normalized spacial score (nSPS) is 11.5. The monoisotopic (exact) mass is 463 g/mol. The summed E-state index contributed by atoms with van der Waals surface area (Å²) in [4.78, 5) is 33.6. The van der Waals surface area contributed by atoms with Crippen LogP contribution in [0, 0.1) is 0 Å². The molecule has 1 aromatic carbocycles. The van der Waals surface area contributed by atoms with Crippen LogP contribution in [0.4, 0.5) is 5.95 Å². The van der Waals surface area contributed by atoms with Gasteiger partial charge in [-0.15, -0.1) is 0 Å². The van der Waals surface area contributed by atoms with Crippen LogP contribution in [-0.4, -0.2) is 44.7 Å². The van der Waals surface area contributed by atoms with Crippen LogP contribution in [0.2, 0.25) is 0 Å². The van der Waals surface area contributed by atoms with E-state index in [1.165, 1.54) is 0 Å². The maximum absolute atomic E-state index is 13.0. The molecule has 0 spiro atoms. The number of nitrogens with zero attached hydrogens (tertiary/aromatic N) is 3. The number of nitrogens with two attached hydrogens (primary N) is 1. The van der Waals surface area contributed by atoms with Crippen LogP contribution < -0.4 is 15.8 Å². The number of carbonyl (C=O) groups excluding carboxylic acids is 2. The Kier molecular flexibility index (Phi) is 6.88. The van der Waals surface area contributed by atoms with E-state index in [0.717, 1.165) is 6.42 Å². The lowest BCUT2D eigenvalue weighted by Crippen LogP contribution is -2.15. The van der Waals surface area contributed by atoms with Crippen molar-refractivity contribution in [3.8, 4) is 5.75 Å². The number of aliphatic hydroxyl groups is 1. The lowest BCUT2D eigenvalue weighted by molar-refractivity contribution is 0.0990. The predicted molar refractivity (Wildman–Crippen MR) is 127 cm³/mol. The first-order valence-corrected chi connectivity index (χ1v) is 10.9. The first-order valence-electron chi connectivity index (χ1n) is 10.9. The summed E-state index contributed by atoms with van der Waals surface area (Å²) in [6.07, 6.45) is 6.81. The molecule has 0 saturated heterocycles. The number of anilines is 1. The Morgan fingerprint density at radius 3 is 2.85 bits per heavy atom. The van der Waals surface area contributed by atoms with Crippen molar-refractivity contribution >= 4 is 39.9 Å². The molecule has 34 heavy (non-hydrogen) atoms. The third-order valence-corrected chi connectivity index (χ3v) is 5.08. The van der Waals surface area contributed by atoms with Gasteiger partial charge in [0.05, 0.1) is 12.1 Å². The molecule has 0 aliphatic heterocycles. The average Bonchev–Trinajstić information content (AvgIpc) is 3.41. The molecule has 0 fully saturated rings. The van der Waals surface area contributed by atoms with Gasteiger partial charge in [0.1, 0.15) is 16.8 Å². The smallest absolute Gasteiger partial charge is 0.293 e. The second kappa shape index (κ2) is 10.2. The number of allylic oxidation sites excluding steroid dienone is 2. The van der Waals surface area contributed by atoms with Gasteiger partial charge in [-0.05, 0) is 30.7 Å². The van der Waals surface area contributed by atoms with Gasteiger partial charge in [-0.2, -0.15) is 0 Å². The first kappa shape index (κ1) is 23.0. The lowest BCUT2D eigenvalue weighted by Gasteiger charge is -2.12. The minimum absolute atomic E-state index is 0.0369. The summed E-state index contributed by atoms with van der Waals surface area (Å²) in [7, 11) is 0. The number of amides is 2.